The van der Waals surface area contributed by atoms with E-state index >= 15 is 0 Å². The average molecular weight is 373 g/mol. The van der Waals surface area contributed by atoms with Crippen LogP contribution in [0.1, 0.15) is 30.0 Å². The van der Waals surface area contributed by atoms with Crippen LogP contribution in [-0.2, 0) is 21.1 Å². The molecule has 1 aliphatic rings. The maximum absolute atomic E-state index is 12.5. The highest BCUT2D eigenvalue weighted by molar-refractivity contribution is 7.90. The van der Waals surface area contributed by atoms with Gasteiger partial charge >= 0.3 is 0 Å². The molecule has 0 aliphatic heterocycles. The van der Waals surface area contributed by atoms with Crippen LogP contribution in [0.2, 0.25) is 0 Å². The van der Waals surface area contributed by atoms with Gasteiger partial charge in [-0.15, -0.1) is 0 Å². The molecule has 138 valence electrons. The van der Waals surface area contributed by atoms with Gasteiger partial charge in [0.25, 0.3) is 0 Å². The molecule has 1 saturated carbocycles. The van der Waals surface area contributed by atoms with Crippen molar-refractivity contribution < 1.29 is 18.3 Å². The SMILES string of the molecule is CS(=O)(=O)c1ccc(CC(=O)N[C@@H](c2ccccc2)C2CC(O)C2)cc1. The average Bonchev–Trinajstić information content (AvgIpc) is 2.58. The second kappa shape index (κ2) is 7.60. The van der Waals surface area contributed by atoms with Crippen LogP contribution in [0.4, 0.5) is 0 Å². The van der Waals surface area contributed by atoms with Crippen LogP contribution in [-0.4, -0.2) is 31.8 Å². The molecule has 1 fully saturated rings. The van der Waals surface area contributed by atoms with Crippen molar-refractivity contribution in [1.29, 1.82) is 0 Å². The molecule has 2 aromatic rings. The van der Waals surface area contributed by atoms with Crippen LogP contribution in [0, 0.1) is 5.92 Å². The Morgan fingerprint density at radius 1 is 1.12 bits per heavy atom. The molecule has 0 spiro atoms. The Hall–Kier alpha value is -2.18. The lowest BCUT2D eigenvalue weighted by Gasteiger charge is -2.38. The van der Waals surface area contributed by atoms with Gasteiger partial charge in [-0.25, -0.2) is 8.42 Å². The fourth-order valence-corrected chi connectivity index (χ4v) is 3.93. The highest BCUT2D eigenvalue weighted by Gasteiger charge is 2.35. The highest BCUT2D eigenvalue weighted by atomic mass is 32.2. The molecular weight excluding hydrogens is 350 g/mol. The Morgan fingerprint density at radius 3 is 2.27 bits per heavy atom. The fraction of sp³-hybridized carbons (Fsp3) is 0.350. The number of benzene rings is 2. The Morgan fingerprint density at radius 2 is 1.73 bits per heavy atom. The first-order chi connectivity index (χ1) is 12.3. The number of sulfone groups is 1. The van der Waals surface area contributed by atoms with Crippen LogP contribution in [0.15, 0.2) is 59.5 Å². The summed E-state index contributed by atoms with van der Waals surface area (Å²) in [6.07, 6.45) is 2.42. The number of carbonyl (C=O) groups excluding carboxylic acids is 1. The van der Waals surface area contributed by atoms with Crippen LogP contribution >= 0.6 is 0 Å². The lowest BCUT2D eigenvalue weighted by molar-refractivity contribution is -0.122. The van der Waals surface area contributed by atoms with Crippen molar-refractivity contribution in [2.24, 2.45) is 5.92 Å². The lowest BCUT2D eigenvalue weighted by atomic mass is 9.75. The smallest absolute Gasteiger partial charge is 0.224 e. The molecule has 0 aromatic heterocycles. The number of amides is 1. The summed E-state index contributed by atoms with van der Waals surface area (Å²) in [6, 6.07) is 16.0. The normalized spacial score (nSPS) is 20.8. The predicted molar refractivity (Wildman–Crippen MR) is 99.3 cm³/mol. The van der Waals surface area contributed by atoms with Crippen molar-refractivity contribution in [1.82, 2.24) is 5.32 Å². The number of carbonyl (C=O) groups is 1. The van der Waals surface area contributed by atoms with Crippen LogP contribution < -0.4 is 5.32 Å². The van der Waals surface area contributed by atoms with Gasteiger partial charge in [-0.3, -0.25) is 4.79 Å². The zero-order valence-electron chi connectivity index (χ0n) is 14.6. The van der Waals surface area contributed by atoms with Crippen molar-refractivity contribution in [3.05, 3.63) is 65.7 Å². The van der Waals surface area contributed by atoms with Gasteiger partial charge in [0.05, 0.1) is 23.5 Å². The molecule has 1 atom stereocenters. The molecule has 2 aromatic carbocycles. The second-order valence-corrected chi connectivity index (χ2v) is 8.95. The number of rotatable bonds is 6. The summed E-state index contributed by atoms with van der Waals surface area (Å²) in [5.74, 6) is 0.108. The quantitative estimate of drug-likeness (QED) is 0.814. The Kier molecular flexibility index (Phi) is 5.44. The van der Waals surface area contributed by atoms with E-state index in [0.29, 0.717) is 12.8 Å². The number of nitrogens with one attached hydrogen (secondary N) is 1. The molecule has 26 heavy (non-hydrogen) atoms. The van der Waals surface area contributed by atoms with E-state index < -0.39 is 9.84 Å². The summed E-state index contributed by atoms with van der Waals surface area (Å²) in [4.78, 5) is 12.8. The summed E-state index contributed by atoms with van der Waals surface area (Å²) in [5.41, 5.74) is 1.79. The Balaban J connectivity index is 1.68. The first-order valence-corrected chi connectivity index (χ1v) is 10.5. The first kappa shape index (κ1) is 18.6. The largest absolute Gasteiger partial charge is 0.393 e. The van der Waals surface area contributed by atoms with Crippen molar-refractivity contribution in [3.63, 3.8) is 0 Å². The van der Waals surface area contributed by atoms with Crippen LogP contribution in [0.25, 0.3) is 0 Å². The minimum Gasteiger partial charge on any atom is -0.393 e. The minimum absolute atomic E-state index is 0.118. The summed E-state index contributed by atoms with van der Waals surface area (Å²) in [6.45, 7) is 0. The monoisotopic (exact) mass is 373 g/mol. The summed E-state index contributed by atoms with van der Waals surface area (Å²) >= 11 is 0. The lowest BCUT2D eigenvalue weighted by Crippen LogP contribution is -2.41. The summed E-state index contributed by atoms with van der Waals surface area (Å²) in [5, 5.41) is 12.7. The molecule has 3 rings (SSSR count). The maximum Gasteiger partial charge on any atom is 0.224 e. The van der Waals surface area contributed by atoms with E-state index in [4.69, 9.17) is 0 Å². The molecule has 0 unspecified atom stereocenters. The summed E-state index contributed by atoms with van der Waals surface area (Å²) < 4.78 is 23.0. The number of hydrogen-bond acceptors (Lipinski definition) is 4. The molecule has 0 bridgehead atoms. The van der Waals surface area contributed by atoms with Gasteiger partial charge in [0.15, 0.2) is 9.84 Å². The van der Waals surface area contributed by atoms with Gasteiger partial charge < -0.3 is 10.4 Å². The molecular formula is C20H23NO4S. The number of hydrogen-bond donors (Lipinski definition) is 2. The molecule has 0 saturated heterocycles. The fourth-order valence-electron chi connectivity index (χ4n) is 3.30. The van der Waals surface area contributed by atoms with Gasteiger partial charge in [-0.05, 0) is 42.0 Å². The van der Waals surface area contributed by atoms with E-state index in [9.17, 15) is 18.3 Å². The van der Waals surface area contributed by atoms with Crippen molar-refractivity contribution >= 4 is 15.7 Å². The minimum atomic E-state index is -3.24. The topological polar surface area (TPSA) is 83.5 Å². The van der Waals surface area contributed by atoms with Crippen LogP contribution in [0.5, 0.6) is 0 Å². The molecule has 5 nitrogen and oxygen atoms in total. The third kappa shape index (κ3) is 4.51. The van der Waals surface area contributed by atoms with E-state index in [-0.39, 0.29) is 35.3 Å². The summed E-state index contributed by atoms with van der Waals surface area (Å²) in [7, 11) is -3.24. The maximum atomic E-state index is 12.5. The zero-order chi connectivity index (χ0) is 18.7. The number of aliphatic hydroxyl groups is 1. The molecule has 0 radical (unpaired) electrons. The highest BCUT2D eigenvalue weighted by Crippen LogP contribution is 2.38. The molecule has 2 N–H and O–H groups in total. The molecule has 1 aliphatic carbocycles. The third-order valence-corrected chi connectivity index (χ3v) is 5.94. The van der Waals surface area contributed by atoms with Gasteiger partial charge in [0.2, 0.25) is 5.91 Å². The van der Waals surface area contributed by atoms with E-state index in [1.54, 1.807) is 12.1 Å². The standard InChI is InChI=1S/C20H23NO4S/c1-26(24,25)18-9-7-14(8-10-18)11-19(23)21-20(16-12-17(22)13-16)15-5-3-2-4-6-15/h2-10,16-17,20,22H,11-13H2,1H3,(H,21,23)/t16?,17?,20-/m0/s1. The zero-order valence-corrected chi connectivity index (χ0v) is 15.4. The van der Waals surface area contributed by atoms with E-state index in [1.165, 1.54) is 12.1 Å². The number of aliphatic hydroxyl groups excluding tert-OH is 1. The van der Waals surface area contributed by atoms with Gasteiger partial charge in [0.1, 0.15) is 0 Å². The molecule has 1 amide bonds. The van der Waals surface area contributed by atoms with E-state index in [0.717, 1.165) is 17.4 Å². The Labute approximate surface area is 154 Å². The predicted octanol–water partition coefficient (Wildman–Crippen LogP) is 2.26. The van der Waals surface area contributed by atoms with E-state index in [2.05, 4.69) is 5.32 Å². The van der Waals surface area contributed by atoms with Crippen molar-refractivity contribution in [2.45, 2.75) is 36.3 Å². The van der Waals surface area contributed by atoms with Gasteiger partial charge in [-0.1, -0.05) is 42.5 Å². The first-order valence-electron chi connectivity index (χ1n) is 8.64. The Bertz CT molecular complexity index is 856. The van der Waals surface area contributed by atoms with Crippen LogP contribution in [0.3, 0.4) is 0 Å². The molecule has 6 heteroatoms. The third-order valence-electron chi connectivity index (χ3n) is 4.81. The van der Waals surface area contributed by atoms with Crippen molar-refractivity contribution in [3.8, 4) is 0 Å². The van der Waals surface area contributed by atoms with Crippen molar-refractivity contribution in [2.75, 3.05) is 6.26 Å². The molecule has 0 heterocycles. The van der Waals surface area contributed by atoms with Gasteiger partial charge in [-0.2, -0.15) is 0 Å². The van der Waals surface area contributed by atoms with E-state index in [1.807, 2.05) is 30.3 Å². The second-order valence-electron chi connectivity index (χ2n) is 6.93. The van der Waals surface area contributed by atoms with Gasteiger partial charge in [0, 0.05) is 6.26 Å².